The lowest BCUT2D eigenvalue weighted by molar-refractivity contribution is 0.838. The molecule has 72 valence electrons. The van der Waals surface area contributed by atoms with Gasteiger partial charge in [0.25, 0.3) is 0 Å². The first-order chi connectivity index (χ1) is 6.62. The van der Waals surface area contributed by atoms with Gasteiger partial charge < -0.3 is 11.5 Å². The lowest BCUT2D eigenvalue weighted by Crippen LogP contribution is -2.53. The first kappa shape index (κ1) is 8.90. The second-order valence-corrected chi connectivity index (χ2v) is 3.50. The van der Waals surface area contributed by atoms with Gasteiger partial charge in [0.1, 0.15) is 11.4 Å². The molecular weight excluding hydrogens is 176 g/mol. The summed E-state index contributed by atoms with van der Waals surface area (Å²) >= 11 is 0. The summed E-state index contributed by atoms with van der Waals surface area (Å²) in [5.74, 6) is 0.358. The Kier molecular flexibility index (Phi) is 1.86. The Morgan fingerprint density at radius 1 is 1.14 bits per heavy atom. The quantitative estimate of drug-likeness (QED) is 0.672. The van der Waals surface area contributed by atoms with Crippen molar-refractivity contribution in [1.29, 1.82) is 0 Å². The molecule has 0 spiro atoms. The van der Waals surface area contributed by atoms with E-state index in [4.69, 9.17) is 11.5 Å². The van der Waals surface area contributed by atoms with Crippen LogP contribution in [0.1, 0.15) is 12.5 Å². The van der Waals surface area contributed by atoms with Gasteiger partial charge in [-0.25, -0.2) is 0 Å². The predicted octanol–water partition coefficient (Wildman–Crippen LogP) is 0.479. The molecule has 0 amide bonds. The van der Waals surface area contributed by atoms with Crippen LogP contribution in [0, 0.1) is 0 Å². The number of hydrogen-bond donors (Lipinski definition) is 2. The molecule has 1 atom stereocenters. The van der Waals surface area contributed by atoms with Crippen LogP contribution in [-0.2, 0) is 0 Å². The Morgan fingerprint density at radius 3 is 2.29 bits per heavy atom. The highest BCUT2D eigenvalue weighted by Crippen LogP contribution is 2.17. The van der Waals surface area contributed by atoms with Crippen LogP contribution in [0.2, 0.25) is 0 Å². The van der Waals surface area contributed by atoms with Crippen LogP contribution in [-0.4, -0.2) is 17.1 Å². The van der Waals surface area contributed by atoms with Crippen LogP contribution >= 0.6 is 0 Å². The van der Waals surface area contributed by atoms with Crippen LogP contribution in [0.15, 0.2) is 40.5 Å². The third-order valence-corrected chi connectivity index (χ3v) is 2.33. The van der Waals surface area contributed by atoms with E-state index in [1.54, 1.807) is 0 Å². The first-order valence-electron chi connectivity index (χ1n) is 4.39. The fourth-order valence-corrected chi connectivity index (χ4v) is 1.39. The van der Waals surface area contributed by atoms with E-state index in [9.17, 15) is 0 Å². The third-order valence-electron chi connectivity index (χ3n) is 2.33. The zero-order chi connectivity index (χ0) is 10.2. The fraction of sp³-hybridized carbons (Fsp3) is 0.200. The number of nitrogens with zero attached hydrogens (tertiary/aromatic N) is 2. The Bertz CT molecular complexity index is 403. The largest absolute Gasteiger partial charge is 0.384 e. The SMILES string of the molecule is CC1(N)C(N)=NN=C1c1ccccc1. The van der Waals surface area contributed by atoms with E-state index in [0.29, 0.717) is 5.84 Å². The number of nitrogens with two attached hydrogens (primary N) is 2. The molecule has 4 N–H and O–H groups in total. The van der Waals surface area contributed by atoms with Crippen molar-refractivity contribution in [3.8, 4) is 0 Å². The van der Waals surface area contributed by atoms with Gasteiger partial charge in [0.2, 0.25) is 0 Å². The topological polar surface area (TPSA) is 76.8 Å². The molecule has 0 saturated carbocycles. The van der Waals surface area contributed by atoms with Crippen molar-refractivity contribution in [2.45, 2.75) is 12.5 Å². The van der Waals surface area contributed by atoms with Crippen LogP contribution in [0.4, 0.5) is 0 Å². The summed E-state index contributed by atoms with van der Waals surface area (Å²) in [5, 5.41) is 7.80. The normalized spacial score (nSPS) is 25.9. The lowest BCUT2D eigenvalue weighted by Gasteiger charge is -2.19. The summed E-state index contributed by atoms with van der Waals surface area (Å²) in [6.07, 6.45) is 0. The molecule has 1 heterocycles. The molecule has 0 saturated heterocycles. The highest BCUT2D eigenvalue weighted by molar-refractivity contribution is 6.23. The highest BCUT2D eigenvalue weighted by atomic mass is 15.3. The Morgan fingerprint density at radius 2 is 1.79 bits per heavy atom. The molecule has 0 aromatic heterocycles. The van der Waals surface area contributed by atoms with Crippen LogP contribution in [0.25, 0.3) is 0 Å². The van der Waals surface area contributed by atoms with Gasteiger partial charge in [0.15, 0.2) is 0 Å². The highest BCUT2D eigenvalue weighted by Gasteiger charge is 2.35. The van der Waals surface area contributed by atoms with Gasteiger partial charge in [-0.05, 0) is 6.92 Å². The molecule has 1 aliphatic rings. The van der Waals surface area contributed by atoms with Gasteiger partial charge in [-0.3, -0.25) is 0 Å². The number of amidine groups is 1. The first-order valence-corrected chi connectivity index (χ1v) is 4.39. The van der Waals surface area contributed by atoms with Crippen molar-refractivity contribution in [3.05, 3.63) is 35.9 Å². The van der Waals surface area contributed by atoms with E-state index in [-0.39, 0.29) is 0 Å². The standard InChI is InChI=1S/C10H12N4/c1-10(12)8(13-14-9(10)11)7-5-3-2-4-6-7/h2-6H,12H2,1H3,(H2,11,14). The van der Waals surface area contributed by atoms with E-state index in [0.717, 1.165) is 11.3 Å². The Hall–Kier alpha value is -1.68. The van der Waals surface area contributed by atoms with E-state index in [1.807, 2.05) is 37.3 Å². The molecule has 0 bridgehead atoms. The number of rotatable bonds is 1. The van der Waals surface area contributed by atoms with Gasteiger partial charge in [-0.1, -0.05) is 30.3 Å². The van der Waals surface area contributed by atoms with Crippen molar-refractivity contribution >= 4 is 11.5 Å². The van der Waals surface area contributed by atoms with Crippen molar-refractivity contribution in [2.75, 3.05) is 0 Å². The maximum absolute atomic E-state index is 6.01. The van der Waals surface area contributed by atoms with Crippen molar-refractivity contribution in [1.82, 2.24) is 0 Å². The molecule has 0 aliphatic carbocycles. The molecule has 1 aliphatic heterocycles. The molecule has 1 aromatic rings. The molecule has 0 radical (unpaired) electrons. The minimum absolute atomic E-state index is 0.358. The molecule has 4 nitrogen and oxygen atoms in total. The Balaban J connectivity index is 2.41. The van der Waals surface area contributed by atoms with E-state index < -0.39 is 5.54 Å². The smallest absolute Gasteiger partial charge is 0.148 e. The molecule has 2 rings (SSSR count). The van der Waals surface area contributed by atoms with Crippen molar-refractivity contribution < 1.29 is 0 Å². The van der Waals surface area contributed by atoms with Crippen LogP contribution < -0.4 is 11.5 Å². The van der Waals surface area contributed by atoms with Crippen molar-refractivity contribution in [3.63, 3.8) is 0 Å². The van der Waals surface area contributed by atoms with Gasteiger partial charge in [0, 0.05) is 5.56 Å². The number of benzene rings is 1. The predicted molar refractivity (Wildman–Crippen MR) is 57.2 cm³/mol. The zero-order valence-corrected chi connectivity index (χ0v) is 7.94. The van der Waals surface area contributed by atoms with Crippen LogP contribution in [0.3, 0.4) is 0 Å². The fourth-order valence-electron chi connectivity index (χ4n) is 1.39. The summed E-state index contributed by atoms with van der Waals surface area (Å²) in [6, 6.07) is 9.69. The summed E-state index contributed by atoms with van der Waals surface area (Å²) in [4.78, 5) is 0. The minimum atomic E-state index is -0.749. The second kappa shape index (κ2) is 2.92. The summed E-state index contributed by atoms with van der Waals surface area (Å²) in [5.41, 5.74) is 12.6. The molecule has 0 fully saturated rings. The van der Waals surface area contributed by atoms with E-state index in [2.05, 4.69) is 10.2 Å². The number of hydrogen-bond acceptors (Lipinski definition) is 4. The van der Waals surface area contributed by atoms with Gasteiger partial charge in [0.05, 0.1) is 5.71 Å². The summed E-state index contributed by atoms with van der Waals surface area (Å²) < 4.78 is 0. The van der Waals surface area contributed by atoms with Gasteiger partial charge >= 0.3 is 0 Å². The molecule has 4 heteroatoms. The Labute approximate surface area is 82.3 Å². The molecule has 1 unspecified atom stereocenters. The summed E-state index contributed by atoms with van der Waals surface area (Å²) in [6.45, 7) is 1.81. The molecule has 14 heavy (non-hydrogen) atoms. The minimum Gasteiger partial charge on any atom is -0.384 e. The lowest BCUT2D eigenvalue weighted by atomic mass is 9.91. The average Bonchev–Trinajstić information content (AvgIpc) is 2.44. The van der Waals surface area contributed by atoms with E-state index >= 15 is 0 Å². The van der Waals surface area contributed by atoms with Gasteiger partial charge in [-0.15, -0.1) is 5.10 Å². The zero-order valence-electron chi connectivity index (χ0n) is 7.94. The van der Waals surface area contributed by atoms with Crippen LogP contribution in [0.5, 0.6) is 0 Å². The summed E-state index contributed by atoms with van der Waals surface area (Å²) in [7, 11) is 0. The second-order valence-electron chi connectivity index (χ2n) is 3.50. The monoisotopic (exact) mass is 188 g/mol. The van der Waals surface area contributed by atoms with E-state index in [1.165, 1.54) is 0 Å². The average molecular weight is 188 g/mol. The van der Waals surface area contributed by atoms with Gasteiger partial charge in [-0.2, -0.15) is 5.10 Å². The third kappa shape index (κ3) is 1.20. The maximum atomic E-state index is 6.01. The molecule has 1 aromatic carbocycles. The molecular formula is C10H12N4. The van der Waals surface area contributed by atoms with Crippen molar-refractivity contribution in [2.24, 2.45) is 21.7 Å². The maximum Gasteiger partial charge on any atom is 0.148 e.